The predicted octanol–water partition coefficient (Wildman–Crippen LogP) is 8.90. The van der Waals surface area contributed by atoms with Crippen LogP contribution >= 0.6 is 23.2 Å². The zero-order valence-electron chi connectivity index (χ0n) is 36.6. The third kappa shape index (κ3) is 12.9. The van der Waals surface area contributed by atoms with Crippen molar-refractivity contribution in [3.8, 4) is 34.1 Å². The van der Waals surface area contributed by atoms with Crippen molar-refractivity contribution in [3.05, 3.63) is 163 Å². The Morgan fingerprint density at radius 3 is 1.60 bits per heavy atom. The molecule has 4 N–H and O–H groups in total. The van der Waals surface area contributed by atoms with E-state index in [1.807, 2.05) is 43.3 Å². The number of benzene rings is 4. The van der Waals surface area contributed by atoms with Crippen LogP contribution in [0, 0.1) is 13.8 Å². The number of rotatable bonds is 22. The summed E-state index contributed by atoms with van der Waals surface area (Å²) in [7, 11) is 3.38. The molecule has 1 atom stereocenters. The highest BCUT2D eigenvalue weighted by Crippen LogP contribution is 2.37. The number of pyridine rings is 2. The van der Waals surface area contributed by atoms with E-state index in [1.54, 1.807) is 75.6 Å². The van der Waals surface area contributed by atoms with Crippen LogP contribution in [0.15, 0.2) is 108 Å². The average molecular weight is 921 g/mol. The minimum absolute atomic E-state index is 0.0333. The SMILES string of the molecule is C/N=C/c1cncc(COc2cc(OCc3cccc(-c4cccc(COc5cc(OCc6cncc(/C=N/C)c6)c(CN[C@H](CCO)C(=O)O)cc5Cl)c4C)c3C)c(Cl)cc2CO)c1. The molecule has 338 valence electrons. The largest absolute Gasteiger partial charge is 0.488 e. The number of aliphatic imine (C=N–C) groups is 2. The second kappa shape index (κ2) is 23.5. The number of aliphatic carboxylic acids is 1. The van der Waals surface area contributed by atoms with Gasteiger partial charge < -0.3 is 39.6 Å². The maximum atomic E-state index is 11.8. The zero-order valence-corrected chi connectivity index (χ0v) is 38.1. The molecule has 13 nitrogen and oxygen atoms in total. The number of nitrogens with zero attached hydrogens (tertiary/aromatic N) is 4. The number of hydrogen-bond acceptors (Lipinski definition) is 12. The summed E-state index contributed by atoms with van der Waals surface area (Å²) < 4.78 is 25.1. The molecular weight excluding hydrogens is 869 g/mol. The fraction of sp³-hybridized carbons (Fsp3) is 0.260. The number of carboxylic acid groups (broad SMARTS) is 1. The molecule has 0 spiro atoms. The predicted molar refractivity (Wildman–Crippen MR) is 253 cm³/mol. The van der Waals surface area contributed by atoms with Gasteiger partial charge in [0.25, 0.3) is 0 Å². The van der Waals surface area contributed by atoms with E-state index in [9.17, 15) is 20.1 Å². The van der Waals surface area contributed by atoms with Gasteiger partial charge in [-0.15, -0.1) is 0 Å². The van der Waals surface area contributed by atoms with Crippen LogP contribution in [-0.4, -0.2) is 70.4 Å². The van der Waals surface area contributed by atoms with Crippen LogP contribution in [0.25, 0.3) is 11.1 Å². The van der Waals surface area contributed by atoms with E-state index in [-0.39, 0.29) is 52.6 Å². The first kappa shape index (κ1) is 48.1. The van der Waals surface area contributed by atoms with Gasteiger partial charge in [0, 0.05) is 110 Å². The fourth-order valence-corrected chi connectivity index (χ4v) is 7.57. The van der Waals surface area contributed by atoms with Gasteiger partial charge in [0.1, 0.15) is 55.5 Å². The lowest BCUT2D eigenvalue weighted by atomic mass is 9.92. The van der Waals surface area contributed by atoms with Crippen molar-refractivity contribution in [2.75, 3.05) is 20.7 Å². The van der Waals surface area contributed by atoms with Crippen molar-refractivity contribution < 1.29 is 39.1 Å². The lowest BCUT2D eigenvalue weighted by molar-refractivity contribution is -0.140. The highest BCUT2D eigenvalue weighted by atomic mass is 35.5. The molecule has 0 radical (unpaired) electrons. The number of aromatic nitrogens is 2. The van der Waals surface area contributed by atoms with Gasteiger partial charge in [-0.2, -0.15) is 0 Å². The number of carboxylic acids is 1. The molecule has 65 heavy (non-hydrogen) atoms. The van der Waals surface area contributed by atoms with Crippen molar-refractivity contribution in [3.63, 3.8) is 0 Å². The van der Waals surface area contributed by atoms with Crippen molar-refractivity contribution in [2.45, 2.75) is 65.9 Å². The first-order valence-corrected chi connectivity index (χ1v) is 21.5. The number of carbonyl (C=O) groups is 1. The zero-order chi connectivity index (χ0) is 46.3. The van der Waals surface area contributed by atoms with E-state index in [0.29, 0.717) is 44.2 Å². The summed E-state index contributed by atoms with van der Waals surface area (Å²) in [6.07, 6.45) is 10.3. The lowest BCUT2D eigenvalue weighted by Crippen LogP contribution is -2.37. The molecule has 0 aliphatic heterocycles. The Morgan fingerprint density at radius 2 is 1.14 bits per heavy atom. The molecule has 0 aliphatic rings. The van der Waals surface area contributed by atoms with Gasteiger partial charge in [-0.1, -0.05) is 59.6 Å². The molecular formula is C50H51Cl2N5O8. The Bertz CT molecular complexity index is 2660. The molecule has 0 saturated heterocycles. The highest BCUT2D eigenvalue weighted by molar-refractivity contribution is 6.32. The second-order valence-electron chi connectivity index (χ2n) is 15.1. The van der Waals surface area contributed by atoms with Crippen molar-refractivity contribution in [1.82, 2.24) is 15.3 Å². The molecule has 0 bridgehead atoms. The number of nitrogens with one attached hydrogen (secondary N) is 1. The van der Waals surface area contributed by atoms with Crippen molar-refractivity contribution >= 4 is 41.6 Å². The van der Waals surface area contributed by atoms with Gasteiger partial charge in [0.2, 0.25) is 0 Å². The number of ether oxygens (including phenoxy) is 4. The fourth-order valence-electron chi connectivity index (χ4n) is 7.09. The van der Waals surface area contributed by atoms with Gasteiger partial charge >= 0.3 is 5.97 Å². The second-order valence-corrected chi connectivity index (χ2v) is 15.9. The van der Waals surface area contributed by atoms with E-state index in [1.165, 1.54) is 0 Å². The summed E-state index contributed by atoms with van der Waals surface area (Å²) in [5.41, 5.74) is 10.4. The Morgan fingerprint density at radius 1 is 0.662 bits per heavy atom. The number of halogens is 2. The summed E-state index contributed by atoms with van der Waals surface area (Å²) in [5, 5.41) is 32.8. The van der Waals surface area contributed by atoms with Gasteiger partial charge in [-0.25, -0.2) is 0 Å². The van der Waals surface area contributed by atoms with Gasteiger partial charge in [0.05, 0.1) is 16.7 Å². The number of aliphatic hydroxyl groups excluding tert-OH is 2. The van der Waals surface area contributed by atoms with E-state index in [0.717, 1.165) is 55.6 Å². The molecule has 2 aromatic heterocycles. The van der Waals surface area contributed by atoms with Crippen LogP contribution in [-0.2, 0) is 44.4 Å². The maximum Gasteiger partial charge on any atom is 0.320 e. The lowest BCUT2D eigenvalue weighted by Gasteiger charge is -2.19. The minimum atomic E-state index is -1.08. The quantitative estimate of drug-likeness (QED) is 0.0479. The Hall–Kier alpha value is -6.35. The molecule has 0 aliphatic carbocycles. The average Bonchev–Trinajstić information content (AvgIpc) is 3.30. The van der Waals surface area contributed by atoms with Gasteiger partial charge in [0.15, 0.2) is 0 Å². The van der Waals surface area contributed by atoms with Crippen LogP contribution in [0.4, 0.5) is 0 Å². The molecule has 2 heterocycles. The highest BCUT2D eigenvalue weighted by Gasteiger charge is 2.20. The van der Waals surface area contributed by atoms with Crippen molar-refractivity contribution in [1.29, 1.82) is 0 Å². The van der Waals surface area contributed by atoms with Gasteiger partial charge in [-0.05, 0) is 77.9 Å². The summed E-state index contributed by atoms with van der Waals surface area (Å²) in [5.74, 6) is 0.610. The summed E-state index contributed by atoms with van der Waals surface area (Å²) >= 11 is 13.5. The monoisotopic (exact) mass is 919 g/mol. The molecule has 0 amide bonds. The normalized spacial score (nSPS) is 11.9. The van der Waals surface area contributed by atoms with E-state index < -0.39 is 12.0 Å². The van der Waals surface area contributed by atoms with Gasteiger partial charge in [-0.3, -0.25) is 24.7 Å². The third-order valence-electron chi connectivity index (χ3n) is 10.6. The molecule has 6 aromatic rings. The maximum absolute atomic E-state index is 11.8. The molecule has 0 unspecified atom stereocenters. The van der Waals surface area contributed by atoms with E-state index >= 15 is 0 Å². The first-order chi connectivity index (χ1) is 31.5. The van der Waals surface area contributed by atoms with E-state index in [2.05, 4.69) is 44.3 Å². The van der Waals surface area contributed by atoms with Crippen molar-refractivity contribution in [2.24, 2.45) is 9.98 Å². The molecule has 0 fully saturated rings. The molecule has 15 heteroatoms. The third-order valence-corrected chi connectivity index (χ3v) is 11.2. The summed E-state index contributed by atoms with van der Waals surface area (Å²) in [6.45, 7) is 4.46. The molecule has 0 saturated carbocycles. The van der Waals surface area contributed by atoms with Crippen LogP contribution in [0.3, 0.4) is 0 Å². The topological polar surface area (TPSA) is 177 Å². The number of aliphatic hydroxyl groups is 2. The van der Waals surface area contributed by atoms with Crippen LogP contribution < -0.4 is 24.3 Å². The van der Waals surface area contributed by atoms with Crippen LogP contribution in [0.5, 0.6) is 23.0 Å². The standard InChI is InChI=1S/C50H51Cl2N5O8/c1-31-37(29-64-48-17-46(62-27-35-13-33(19-53-3)21-55-23-35)39(15-43(48)51)25-57-45(11-12-58)50(60)61)7-5-9-41(31)42-10-6-8-38(32(42)2)30-65-49-18-47(40(26-59)16-44(49)52)63-28-36-14-34(20-54-4)22-56-24-36/h5-10,13-24,45,57-59H,11-12,25-30H2,1-4H3,(H,60,61)/b53-19+,54-20+/t45-/m1/s1. The minimum Gasteiger partial charge on any atom is -0.488 e. The first-order valence-electron chi connectivity index (χ1n) is 20.7. The summed E-state index contributed by atoms with van der Waals surface area (Å²) in [6, 6.07) is 21.7. The molecule has 4 aromatic carbocycles. The van der Waals surface area contributed by atoms with E-state index in [4.69, 9.17) is 42.1 Å². The Kier molecular flexibility index (Phi) is 17.4. The summed E-state index contributed by atoms with van der Waals surface area (Å²) in [4.78, 5) is 28.5. The van der Waals surface area contributed by atoms with Crippen LogP contribution in [0.2, 0.25) is 10.0 Å². The Balaban J connectivity index is 1.18. The number of hydrogen-bond donors (Lipinski definition) is 4. The smallest absolute Gasteiger partial charge is 0.320 e. The molecule has 6 rings (SSSR count). The van der Waals surface area contributed by atoms with Crippen LogP contribution in [0.1, 0.15) is 62.1 Å². The Labute approximate surface area is 388 Å².